The van der Waals surface area contributed by atoms with Crippen LogP contribution in [0.1, 0.15) is 24.1 Å². The summed E-state index contributed by atoms with van der Waals surface area (Å²) in [7, 11) is 0. The fourth-order valence-electron chi connectivity index (χ4n) is 3.28. The van der Waals surface area contributed by atoms with Crippen molar-refractivity contribution in [3.8, 4) is 11.5 Å². The van der Waals surface area contributed by atoms with Crippen LogP contribution in [0.3, 0.4) is 0 Å². The fourth-order valence-corrected chi connectivity index (χ4v) is 3.28. The number of H-pyrrole nitrogens is 1. The van der Waals surface area contributed by atoms with Crippen LogP contribution in [0.5, 0.6) is 11.5 Å². The lowest BCUT2D eigenvalue weighted by atomic mass is 9.96. The van der Waals surface area contributed by atoms with E-state index >= 15 is 0 Å². The molecule has 4 aromatic rings. The predicted molar refractivity (Wildman–Crippen MR) is 109 cm³/mol. The van der Waals surface area contributed by atoms with Gasteiger partial charge in [0, 0.05) is 28.8 Å². The molecule has 0 saturated carbocycles. The predicted octanol–water partition coefficient (Wildman–Crippen LogP) is 4.35. The van der Waals surface area contributed by atoms with E-state index in [4.69, 9.17) is 4.74 Å². The summed E-state index contributed by atoms with van der Waals surface area (Å²) in [5.41, 5.74) is 2.36. The minimum absolute atomic E-state index is 0.181. The molecule has 28 heavy (non-hydrogen) atoms. The summed E-state index contributed by atoms with van der Waals surface area (Å²) < 4.78 is 5.56. The molecule has 2 aromatic carbocycles. The number of aromatic amines is 1. The van der Waals surface area contributed by atoms with Crippen LogP contribution in [0.2, 0.25) is 0 Å². The van der Waals surface area contributed by atoms with Crippen LogP contribution in [-0.2, 0) is 0 Å². The lowest BCUT2D eigenvalue weighted by molar-refractivity contribution is -0.361. The highest BCUT2D eigenvalue weighted by molar-refractivity contribution is 5.85. The summed E-state index contributed by atoms with van der Waals surface area (Å²) in [6.45, 7) is 2.58. The fraction of sp³-hybridized carbons (Fsp3) is 0.130. The number of fused-ring (bicyclic) bond motifs is 1. The first-order valence-electron chi connectivity index (χ1n) is 9.29. The Morgan fingerprint density at radius 1 is 1.04 bits per heavy atom. The first kappa shape index (κ1) is 17.8. The number of benzene rings is 2. The summed E-state index contributed by atoms with van der Waals surface area (Å²) in [4.78, 5) is 7.55. The zero-order valence-electron chi connectivity index (χ0n) is 15.6. The molecule has 0 amide bonds. The number of hydrogen-bond donors (Lipinski definition) is 2. The molecule has 0 aliphatic rings. The Morgan fingerprint density at radius 2 is 1.89 bits per heavy atom. The monoisotopic (exact) mass is 372 g/mol. The molecule has 0 unspecified atom stereocenters. The van der Waals surface area contributed by atoms with E-state index in [0.717, 1.165) is 28.1 Å². The molecule has 0 bridgehead atoms. The van der Waals surface area contributed by atoms with Crippen molar-refractivity contribution in [1.29, 1.82) is 0 Å². The van der Waals surface area contributed by atoms with E-state index in [2.05, 4.69) is 15.3 Å². The summed E-state index contributed by atoms with van der Waals surface area (Å²) >= 11 is 0. The van der Waals surface area contributed by atoms with Gasteiger partial charge in [0.1, 0.15) is 23.1 Å². The van der Waals surface area contributed by atoms with Crippen LogP contribution >= 0.6 is 0 Å². The number of phenols is 1. The van der Waals surface area contributed by atoms with E-state index in [0.29, 0.717) is 12.1 Å². The van der Waals surface area contributed by atoms with E-state index in [9.17, 15) is 5.11 Å². The maximum absolute atomic E-state index is 11.0. The van der Waals surface area contributed by atoms with Crippen molar-refractivity contribution in [2.75, 3.05) is 11.9 Å². The Bertz CT molecular complexity index is 1070. The van der Waals surface area contributed by atoms with E-state index in [-0.39, 0.29) is 11.8 Å². The molecular weight excluding hydrogens is 350 g/mol. The van der Waals surface area contributed by atoms with Gasteiger partial charge in [0.25, 0.3) is 5.82 Å². The maximum Gasteiger partial charge on any atom is 0.272 e. The number of rotatable bonds is 6. The van der Waals surface area contributed by atoms with Crippen LogP contribution in [0.25, 0.3) is 10.9 Å². The molecule has 140 valence electrons. The maximum atomic E-state index is 11.0. The van der Waals surface area contributed by atoms with E-state index in [1.807, 2.05) is 79.9 Å². The van der Waals surface area contributed by atoms with Gasteiger partial charge in [-0.25, -0.2) is 4.98 Å². The zero-order valence-corrected chi connectivity index (χ0v) is 15.6. The summed E-state index contributed by atoms with van der Waals surface area (Å²) in [5.74, 6) is 1.85. The van der Waals surface area contributed by atoms with E-state index in [1.165, 1.54) is 0 Å². The first-order valence-corrected chi connectivity index (χ1v) is 9.29. The topological polar surface area (TPSA) is 68.5 Å². The molecule has 0 saturated heterocycles. The van der Waals surface area contributed by atoms with E-state index in [1.54, 1.807) is 6.20 Å². The summed E-state index contributed by atoms with van der Waals surface area (Å²) in [6, 6.07) is 21.2. The number of pyridine rings is 2. The van der Waals surface area contributed by atoms with Crippen LogP contribution < -0.4 is 15.0 Å². The molecule has 0 fully saturated rings. The Hall–Kier alpha value is -3.60. The lowest BCUT2D eigenvalue weighted by Gasteiger charge is -2.18. The van der Waals surface area contributed by atoms with Gasteiger partial charge in [0.2, 0.25) is 0 Å². The molecular formula is C23H22N3O2+. The van der Waals surface area contributed by atoms with Crippen molar-refractivity contribution in [3.05, 3.63) is 90.3 Å². The summed E-state index contributed by atoms with van der Waals surface area (Å²) in [5, 5.41) is 15.3. The number of anilines is 1. The van der Waals surface area contributed by atoms with Crippen molar-refractivity contribution >= 4 is 16.7 Å². The average Bonchev–Trinajstić information content (AvgIpc) is 2.75. The Morgan fingerprint density at radius 3 is 2.64 bits per heavy atom. The molecule has 5 nitrogen and oxygen atoms in total. The second-order valence-electron chi connectivity index (χ2n) is 6.43. The van der Waals surface area contributed by atoms with Gasteiger partial charge in [-0.1, -0.05) is 30.3 Å². The molecule has 2 heterocycles. The SMILES string of the molecule is CCOc1ccc([C@@H](Nc2cccc[nH+]2)c2ccc3cccnc3c2O)cc1. The van der Waals surface area contributed by atoms with Gasteiger partial charge in [-0.3, -0.25) is 10.3 Å². The Balaban J connectivity index is 1.79. The highest BCUT2D eigenvalue weighted by Gasteiger charge is 2.24. The lowest BCUT2D eigenvalue weighted by Crippen LogP contribution is -2.18. The average molecular weight is 372 g/mol. The molecule has 0 aliphatic heterocycles. The highest BCUT2D eigenvalue weighted by Crippen LogP contribution is 2.36. The van der Waals surface area contributed by atoms with Gasteiger partial charge in [-0.15, -0.1) is 0 Å². The van der Waals surface area contributed by atoms with E-state index < -0.39 is 0 Å². The third kappa shape index (κ3) is 3.60. The van der Waals surface area contributed by atoms with Gasteiger partial charge in [-0.05, 0) is 37.3 Å². The molecule has 3 N–H and O–H groups in total. The molecule has 2 aromatic heterocycles. The van der Waals surface area contributed by atoms with Crippen LogP contribution in [-0.4, -0.2) is 16.7 Å². The van der Waals surface area contributed by atoms with Crippen molar-refractivity contribution in [3.63, 3.8) is 0 Å². The van der Waals surface area contributed by atoms with Gasteiger partial charge in [-0.2, -0.15) is 0 Å². The van der Waals surface area contributed by atoms with Crippen molar-refractivity contribution in [2.24, 2.45) is 0 Å². The normalized spacial score (nSPS) is 11.9. The molecule has 0 radical (unpaired) electrons. The number of aromatic hydroxyl groups is 1. The minimum atomic E-state index is -0.263. The zero-order chi connectivity index (χ0) is 19.3. The number of nitrogens with zero attached hydrogens (tertiary/aromatic N) is 1. The van der Waals surface area contributed by atoms with Gasteiger partial charge in [0.15, 0.2) is 0 Å². The number of ether oxygens (including phenoxy) is 1. The Labute approximate surface area is 163 Å². The molecule has 1 atom stereocenters. The third-order valence-corrected chi connectivity index (χ3v) is 4.62. The van der Waals surface area contributed by atoms with Gasteiger partial charge in [0.05, 0.1) is 12.8 Å². The first-order chi connectivity index (χ1) is 13.8. The van der Waals surface area contributed by atoms with Crippen LogP contribution in [0.4, 0.5) is 5.82 Å². The number of phenolic OH excluding ortho intramolecular Hbond substituents is 1. The second-order valence-corrected chi connectivity index (χ2v) is 6.43. The van der Waals surface area contributed by atoms with Crippen LogP contribution in [0, 0.1) is 0 Å². The minimum Gasteiger partial charge on any atom is -0.505 e. The number of nitrogens with one attached hydrogen (secondary N) is 2. The largest absolute Gasteiger partial charge is 0.505 e. The standard InChI is InChI=1S/C23H21N3O2/c1-2-28-18-11-8-17(9-12-18)21(26-20-7-3-4-14-24-20)19-13-10-16-6-5-15-25-22(16)23(19)27/h3-15,21,27H,2H2,1H3,(H,24,26)/p+1/t21-/m1/s1. The molecule has 5 heteroatoms. The van der Waals surface area contributed by atoms with Crippen molar-refractivity contribution in [2.45, 2.75) is 13.0 Å². The van der Waals surface area contributed by atoms with Crippen molar-refractivity contribution < 1.29 is 14.8 Å². The highest BCUT2D eigenvalue weighted by atomic mass is 16.5. The molecule has 0 spiro atoms. The van der Waals surface area contributed by atoms with Crippen LogP contribution in [0.15, 0.2) is 79.1 Å². The summed E-state index contributed by atoms with van der Waals surface area (Å²) in [6.07, 6.45) is 3.55. The smallest absolute Gasteiger partial charge is 0.272 e. The van der Waals surface area contributed by atoms with Gasteiger partial charge < -0.3 is 9.84 Å². The molecule has 0 aliphatic carbocycles. The number of aromatic nitrogens is 2. The van der Waals surface area contributed by atoms with Gasteiger partial charge >= 0.3 is 0 Å². The third-order valence-electron chi connectivity index (χ3n) is 4.62. The molecule has 4 rings (SSSR count). The van der Waals surface area contributed by atoms with Crippen molar-refractivity contribution in [1.82, 2.24) is 4.98 Å². The quantitative estimate of drug-likeness (QED) is 0.528. The second kappa shape index (κ2) is 7.96. The number of hydrogen-bond acceptors (Lipinski definition) is 4. The Kier molecular flexibility index (Phi) is 5.06.